The second-order valence-corrected chi connectivity index (χ2v) is 7.34. The Morgan fingerprint density at radius 1 is 1.26 bits per heavy atom. The van der Waals surface area contributed by atoms with Crippen molar-refractivity contribution in [2.45, 2.75) is 19.4 Å². The van der Waals surface area contributed by atoms with Crippen LogP contribution >= 0.6 is 11.3 Å². The van der Waals surface area contributed by atoms with E-state index < -0.39 is 0 Å². The molecular formula is C19H17FN4O2S. The summed E-state index contributed by atoms with van der Waals surface area (Å²) in [5, 5.41) is 10.2. The first-order chi connectivity index (χ1) is 13.1. The third kappa shape index (κ3) is 3.75. The molecule has 0 saturated heterocycles. The van der Waals surface area contributed by atoms with Gasteiger partial charge >= 0.3 is 4.87 Å². The molecule has 1 aromatic heterocycles. The molecule has 6 nitrogen and oxygen atoms in total. The van der Waals surface area contributed by atoms with Gasteiger partial charge in [0.2, 0.25) is 0 Å². The molecule has 2 heterocycles. The topological polar surface area (TPSA) is 78.1 Å². The average molecular weight is 384 g/mol. The molecule has 0 saturated carbocycles. The van der Waals surface area contributed by atoms with Gasteiger partial charge in [0.05, 0.1) is 6.54 Å². The fraction of sp³-hybridized carbons (Fsp3) is 0.211. The number of hydrogen-bond donors (Lipinski definition) is 2. The molecule has 1 aliphatic heterocycles. The Kier molecular flexibility index (Phi) is 4.72. The number of benzene rings is 2. The van der Waals surface area contributed by atoms with Crippen molar-refractivity contribution in [1.82, 2.24) is 10.2 Å². The van der Waals surface area contributed by atoms with Gasteiger partial charge in [-0.15, -0.1) is 0 Å². The van der Waals surface area contributed by atoms with Crippen molar-refractivity contribution in [1.29, 1.82) is 0 Å². The van der Waals surface area contributed by atoms with Crippen molar-refractivity contribution in [2.75, 3.05) is 16.8 Å². The molecule has 0 fully saturated rings. The lowest BCUT2D eigenvalue weighted by Gasteiger charge is -2.31. The largest absolute Gasteiger partial charge is 0.364 e. The number of anilines is 2. The number of hydrogen-bond acceptors (Lipinski definition) is 5. The fourth-order valence-corrected chi connectivity index (χ4v) is 3.89. The number of amides is 1. The van der Waals surface area contributed by atoms with Crippen LogP contribution in [0.3, 0.4) is 0 Å². The summed E-state index contributed by atoms with van der Waals surface area (Å²) in [6, 6.07) is 11.2. The molecule has 0 radical (unpaired) electrons. The smallest absolute Gasteiger partial charge is 0.322 e. The first kappa shape index (κ1) is 17.4. The van der Waals surface area contributed by atoms with Gasteiger partial charge in [-0.2, -0.15) is 5.10 Å². The highest BCUT2D eigenvalue weighted by Crippen LogP contribution is 2.34. The fourth-order valence-electron chi connectivity index (χ4n) is 3.27. The van der Waals surface area contributed by atoms with Gasteiger partial charge in [-0.05, 0) is 54.8 Å². The van der Waals surface area contributed by atoms with Crippen molar-refractivity contribution in [3.05, 3.63) is 74.1 Å². The molecule has 0 aliphatic carbocycles. The number of aromatic nitrogens is 2. The maximum atomic E-state index is 13.1. The summed E-state index contributed by atoms with van der Waals surface area (Å²) in [5.41, 5.74) is 3.24. The van der Waals surface area contributed by atoms with E-state index in [0.29, 0.717) is 12.1 Å². The molecule has 2 aromatic carbocycles. The van der Waals surface area contributed by atoms with Crippen LogP contribution in [0.25, 0.3) is 0 Å². The average Bonchev–Trinajstić information content (AvgIpc) is 3.08. The minimum Gasteiger partial charge on any atom is -0.364 e. The third-order valence-electron chi connectivity index (χ3n) is 4.51. The maximum absolute atomic E-state index is 13.1. The number of aromatic amines is 1. The van der Waals surface area contributed by atoms with Crippen LogP contribution in [-0.2, 0) is 13.0 Å². The van der Waals surface area contributed by atoms with Crippen LogP contribution in [0.5, 0.6) is 0 Å². The summed E-state index contributed by atoms with van der Waals surface area (Å²) in [6.07, 6.45) is 1.79. The first-order valence-corrected chi connectivity index (χ1v) is 9.40. The van der Waals surface area contributed by atoms with Crippen LogP contribution in [0.4, 0.5) is 15.8 Å². The molecule has 1 amide bonds. The third-order valence-corrected chi connectivity index (χ3v) is 5.24. The van der Waals surface area contributed by atoms with Gasteiger partial charge in [0.15, 0.2) is 0 Å². The monoisotopic (exact) mass is 384 g/mol. The summed E-state index contributed by atoms with van der Waals surface area (Å²) in [7, 11) is 0. The molecule has 138 valence electrons. The number of rotatable bonds is 4. The predicted molar refractivity (Wildman–Crippen MR) is 103 cm³/mol. The molecule has 2 N–H and O–H groups in total. The zero-order valence-electron chi connectivity index (χ0n) is 14.4. The Morgan fingerprint density at radius 2 is 2.07 bits per heavy atom. The van der Waals surface area contributed by atoms with Gasteiger partial charge in [-0.1, -0.05) is 17.4 Å². The number of nitrogens with zero attached hydrogens (tertiary/aromatic N) is 2. The van der Waals surface area contributed by atoms with Gasteiger partial charge in [0.1, 0.15) is 10.8 Å². The van der Waals surface area contributed by atoms with Crippen LogP contribution in [-0.4, -0.2) is 22.6 Å². The Balaban J connectivity index is 1.58. The van der Waals surface area contributed by atoms with Crippen molar-refractivity contribution in [3.8, 4) is 0 Å². The number of carbonyl (C=O) groups excluding carboxylic acids is 1. The van der Waals surface area contributed by atoms with E-state index in [2.05, 4.69) is 20.4 Å². The van der Waals surface area contributed by atoms with E-state index in [1.54, 1.807) is 0 Å². The van der Waals surface area contributed by atoms with Crippen molar-refractivity contribution in [3.63, 3.8) is 0 Å². The quantitative estimate of drug-likeness (QED) is 0.724. The lowest BCUT2D eigenvalue weighted by Crippen LogP contribution is -2.29. The molecular weight excluding hydrogens is 367 g/mol. The standard InChI is InChI=1S/C19H17FN4O2S/c20-13-8-6-12(7-9-13)18(25)21-15-4-1-5-16-14(15)3-2-10-24(16)11-17-22-23-19(26)27-17/h1,4-9H,2-3,10-11H2,(H,21,25)(H,23,26). The first-order valence-electron chi connectivity index (χ1n) is 8.58. The van der Waals surface area contributed by atoms with Crippen LogP contribution in [0.2, 0.25) is 0 Å². The second kappa shape index (κ2) is 7.32. The minimum absolute atomic E-state index is 0.164. The number of H-pyrrole nitrogens is 1. The van der Waals surface area contributed by atoms with Gasteiger partial charge in [0, 0.05) is 23.5 Å². The zero-order chi connectivity index (χ0) is 18.8. The predicted octanol–water partition coefficient (Wildman–Crippen LogP) is 3.18. The van der Waals surface area contributed by atoms with Crippen molar-refractivity contribution >= 4 is 28.6 Å². The van der Waals surface area contributed by atoms with E-state index in [1.165, 1.54) is 24.3 Å². The van der Waals surface area contributed by atoms with Crippen LogP contribution in [0.1, 0.15) is 27.3 Å². The second-order valence-electron chi connectivity index (χ2n) is 6.30. The van der Waals surface area contributed by atoms with E-state index in [0.717, 1.165) is 52.7 Å². The Morgan fingerprint density at radius 3 is 2.81 bits per heavy atom. The van der Waals surface area contributed by atoms with E-state index in [9.17, 15) is 14.0 Å². The van der Waals surface area contributed by atoms with Crippen molar-refractivity contribution < 1.29 is 9.18 Å². The lowest BCUT2D eigenvalue weighted by atomic mass is 9.99. The Hall–Kier alpha value is -3.00. The molecule has 27 heavy (non-hydrogen) atoms. The highest BCUT2D eigenvalue weighted by atomic mass is 32.1. The van der Waals surface area contributed by atoms with Gasteiger partial charge in [-0.3, -0.25) is 9.59 Å². The number of halogens is 1. The van der Waals surface area contributed by atoms with Gasteiger partial charge in [0.25, 0.3) is 5.91 Å². The van der Waals surface area contributed by atoms with E-state index in [1.807, 2.05) is 18.2 Å². The van der Waals surface area contributed by atoms with Gasteiger partial charge < -0.3 is 10.2 Å². The Labute approximate surface area is 158 Å². The summed E-state index contributed by atoms with van der Waals surface area (Å²) in [4.78, 5) is 25.8. The summed E-state index contributed by atoms with van der Waals surface area (Å²) >= 11 is 1.11. The van der Waals surface area contributed by atoms with Crippen molar-refractivity contribution in [2.24, 2.45) is 0 Å². The maximum Gasteiger partial charge on any atom is 0.322 e. The minimum atomic E-state index is -0.375. The lowest BCUT2D eigenvalue weighted by molar-refractivity contribution is 0.102. The molecule has 1 aliphatic rings. The van der Waals surface area contributed by atoms with Gasteiger partial charge in [-0.25, -0.2) is 9.49 Å². The molecule has 0 bridgehead atoms. The van der Waals surface area contributed by atoms with E-state index in [4.69, 9.17) is 0 Å². The van der Waals surface area contributed by atoms with Crippen LogP contribution in [0.15, 0.2) is 47.3 Å². The van der Waals surface area contributed by atoms with E-state index >= 15 is 0 Å². The summed E-state index contributed by atoms with van der Waals surface area (Å²) < 4.78 is 13.1. The summed E-state index contributed by atoms with van der Waals surface area (Å²) in [6.45, 7) is 1.40. The number of carbonyl (C=O) groups is 1. The molecule has 4 rings (SSSR count). The summed E-state index contributed by atoms with van der Waals surface area (Å²) in [5.74, 6) is -0.647. The zero-order valence-corrected chi connectivity index (χ0v) is 15.2. The SMILES string of the molecule is O=C(Nc1cccc2c1CCCN2Cc1n[nH]c(=O)s1)c1ccc(F)cc1. The Bertz CT molecular complexity index is 1030. The highest BCUT2D eigenvalue weighted by Gasteiger charge is 2.21. The van der Waals surface area contributed by atoms with Crippen LogP contribution in [0, 0.1) is 5.82 Å². The molecule has 0 spiro atoms. The molecule has 0 atom stereocenters. The molecule has 0 unspecified atom stereocenters. The highest BCUT2D eigenvalue weighted by molar-refractivity contribution is 7.08. The molecule has 8 heteroatoms. The molecule has 3 aromatic rings. The number of nitrogens with one attached hydrogen (secondary N) is 2. The normalized spacial score (nSPS) is 13.3. The van der Waals surface area contributed by atoms with E-state index in [-0.39, 0.29) is 16.6 Å². The number of fused-ring (bicyclic) bond motifs is 1. The van der Waals surface area contributed by atoms with Crippen LogP contribution < -0.4 is 15.1 Å².